The van der Waals surface area contributed by atoms with Crippen LogP contribution in [-0.2, 0) is 19.3 Å². The summed E-state index contributed by atoms with van der Waals surface area (Å²) in [6.45, 7) is 2.15. The van der Waals surface area contributed by atoms with Crippen LogP contribution < -0.4 is 4.74 Å². The van der Waals surface area contributed by atoms with Crippen molar-refractivity contribution in [2.75, 3.05) is 0 Å². The third-order valence-corrected chi connectivity index (χ3v) is 5.94. The van der Waals surface area contributed by atoms with Crippen molar-refractivity contribution < 1.29 is 31.1 Å². The first-order chi connectivity index (χ1) is 15.7. The number of fused-ring (bicyclic) bond motifs is 3. The highest BCUT2D eigenvalue weighted by atomic mass is 19.4. The summed E-state index contributed by atoms with van der Waals surface area (Å²) in [5, 5.41) is 0. The Bertz CT molecular complexity index is 1160. The van der Waals surface area contributed by atoms with Crippen molar-refractivity contribution in [3.63, 3.8) is 0 Å². The van der Waals surface area contributed by atoms with Gasteiger partial charge in [0, 0.05) is 5.56 Å². The molecule has 0 atom stereocenters. The molecule has 0 aromatic heterocycles. The zero-order valence-corrected chi connectivity index (χ0v) is 18.0. The minimum Gasteiger partial charge on any atom is -0.399 e. The fraction of sp³-hybridized carbons (Fsp3) is 0.308. The third kappa shape index (κ3) is 4.87. The molecule has 1 aliphatic carbocycles. The zero-order valence-electron chi connectivity index (χ0n) is 18.0. The average molecular weight is 464 g/mol. The van der Waals surface area contributed by atoms with Gasteiger partial charge in [0.05, 0.1) is 0 Å². The topological polar surface area (TPSA) is 9.23 Å². The lowest BCUT2D eigenvalue weighted by Crippen LogP contribution is -2.19. The minimum atomic E-state index is -5.25. The molecule has 0 N–H and O–H groups in total. The van der Waals surface area contributed by atoms with E-state index in [1.807, 2.05) is 12.1 Å². The maximum absolute atomic E-state index is 15.4. The Labute approximate surface area is 188 Å². The van der Waals surface area contributed by atoms with E-state index in [1.54, 1.807) is 6.07 Å². The van der Waals surface area contributed by atoms with Gasteiger partial charge in [-0.2, -0.15) is 0 Å². The van der Waals surface area contributed by atoms with Crippen LogP contribution in [0, 0.1) is 17.5 Å². The fourth-order valence-corrected chi connectivity index (χ4v) is 4.38. The number of hydrogen-bond acceptors (Lipinski definition) is 1. The van der Waals surface area contributed by atoms with Gasteiger partial charge in [-0.25, -0.2) is 13.2 Å². The second-order valence-corrected chi connectivity index (χ2v) is 8.22. The normalized spacial score (nSPS) is 12.9. The Balaban J connectivity index is 1.68. The molecule has 0 saturated carbocycles. The molecule has 0 bridgehead atoms. The lowest BCUT2D eigenvalue weighted by Gasteiger charge is -2.23. The van der Waals surface area contributed by atoms with Gasteiger partial charge in [0.15, 0.2) is 11.6 Å². The number of alkyl halides is 3. The van der Waals surface area contributed by atoms with Gasteiger partial charge in [-0.1, -0.05) is 50.1 Å². The highest BCUT2D eigenvalue weighted by Crippen LogP contribution is 2.40. The number of rotatable bonds is 6. The zero-order chi connectivity index (χ0) is 23.8. The summed E-state index contributed by atoms with van der Waals surface area (Å²) in [7, 11) is 0. The Kier molecular flexibility index (Phi) is 6.41. The molecule has 0 spiro atoms. The Morgan fingerprint density at radius 2 is 1.48 bits per heavy atom. The maximum Gasteiger partial charge on any atom is 0.573 e. The van der Waals surface area contributed by atoms with E-state index < -0.39 is 29.6 Å². The molecule has 0 heterocycles. The Morgan fingerprint density at radius 1 is 0.818 bits per heavy atom. The molecule has 174 valence electrons. The van der Waals surface area contributed by atoms with Crippen LogP contribution in [0.3, 0.4) is 0 Å². The van der Waals surface area contributed by atoms with Crippen molar-refractivity contribution in [1.82, 2.24) is 0 Å². The van der Waals surface area contributed by atoms with Gasteiger partial charge in [0.1, 0.15) is 5.82 Å². The highest BCUT2D eigenvalue weighted by Gasteiger charge is 2.34. The summed E-state index contributed by atoms with van der Waals surface area (Å²) < 4.78 is 84.3. The summed E-state index contributed by atoms with van der Waals surface area (Å²) in [6.07, 6.45) is 0.218. The number of aryl methyl sites for hydroxylation is 2. The van der Waals surface area contributed by atoms with E-state index in [-0.39, 0.29) is 11.1 Å². The van der Waals surface area contributed by atoms with Crippen LogP contribution in [-0.4, -0.2) is 6.36 Å². The highest BCUT2D eigenvalue weighted by molar-refractivity contribution is 5.78. The van der Waals surface area contributed by atoms with Crippen LogP contribution >= 0.6 is 0 Å². The third-order valence-electron chi connectivity index (χ3n) is 5.94. The van der Waals surface area contributed by atoms with E-state index >= 15 is 4.39 Å². The second kappa shape index (κ2) is 9.12. The van der Waals surface area contributed by atoms with E-state index in [0.717, 1.165) is 36.0 Å². The smallest absolute Gasteiger partial charge is 0.399 e. The van der Waals surface area contributed by atoms with Gasteiger partial charge in [-0.3, -0.25) is 0 Å². The molecule has 0 radical (unpaired) electrons. The first-order valence-corrected chi connectivity index (χ1v) is 10.9. The first-order valence-electron chi connectivity index (χ1n) is 10.9. The van der Waals surface area contributed by atoms with Gasteiger partial charge in [0.25, 0.3) is 0 Å². The lowest BCUT2D eigenvalue weighted by molar-refractivity contribution is -0.276. The molecule has 0 aliphatic heterocycles. The van der Waals surface area contributed by atoms with Gasteiger partial charge in [0.2, 0.25) is 5.75 Å². The van der Waals surface area contributed by atoms with E-state index in [9.17, 15) is 22.0 Å². The summed E-state index contributed by atoms with van der Waals surface area (Å²) >= 11 is 0. The molecule has 1 aliphatic rings. The maximum atomic E-state index is 15.4. The van der Waals surface area contributed by atoms with Crippen LogP contribution in [0.15, 0.2) is 42.5 Å². The monoisotopic (exact) mass is 464 g/mol. The molecule has 4 rings (SSSR count). The number of ether oxygens (including phenoxy) is 1. The predicted octanol–water partition coefficient (Wildman–Crippen LogP) is 8.17. The summed E-state index contributed by atoms with van der Waals surface area (Å²) in [6, 6.07) is 10.6. The van der Waals surface area contributed by atoms with Crippen LogP contribution in [0.1, 0.15) is 42.9 Å². The largest absolute Gasteiger partial charge is 0.573 e. The number of benzene rings is 3. The van der Waals surface area contributed by atoms with E-state index in [2.05, 4.69) is 17.7 Å². The number of halogens is 6. The minimum absolute atomic E-state index is 0.0789. The molecule has 1 nitrogen and oxygen atoms in total. The van der Waals surface area contributed by atoms with Crippen LogP contribution in [0.2, 0.25) is 0 Å². The Morgan fingerprint density at radius 3 is 2.15 bits per heavy atom. The van der Waals surface area contributed by atoms with E-state index in [4.69, 9.17) is 0 Å². The molecule has 3 aromatic carbocycles. The summed E-state index contributed by atoms with van der Waals surface area (Å²) in [5.74, 6) is -5.30. The van der Waals surface area contributed by atoms with Crippen LogP contribution in [0.25, 0.3) is 22.3 Å². The lowest BCUT2D eigenvalue weighted by atomic mass is 9.82. The fourth-order valence-electron chi connectivity index (χ4n) is 4.38. The molecule has 0 saturated heterocycles. The van der Waals surface area contributed by atoms with Crippen molar-refractivity contribution in [3.8, 4) is 28.0 Å². The van der Waals surface area contributed by atoms with Crippen molar-refractivity contribution >= 4 is 0 Å². The average Bonchev–Trinajstić information content (AvgIpc) is 2.75. The van der Waals surface area contributed by atoms with E-state index in [1.165, 1.54) is 18.1 Å². The molecular weight excluding hydrogens is 442 g/mol. The predicted molar refractivity (Wildman–Crippen MR) is 115 cm³/mol. The molecule has 7 heteroatoms. The molecule has 3 aromatic rings. The molecular formula is C26H22F6O. The van der Waals surface area contributed by atoms with Crippen molar-refractivity contribution in [2.45, 2.75) is 51.8 Å². The number of unbranched alkanes of at least 4 members (excludes halogenated alkanes) is 2. The van der Waals surface area contributed by atoms with Crippen molar-refractivity contribution in [1.29, 1.82) is 0 Å². The van der Waals surface area contributed by atoms with Crippen LogP contribution in [0.5, 0.6) is 5.75 Å². The molecule has 0 fully saturated rings. The molecule has 33 heavy (non-hydrogen) atoms. The SMILES string of the molecule is CCCCCc1ccc2c(c1)CCc1c-2ccc(-c2cc(F)c(OC(F)(F)F)c(F)c2)c1F. The summed E-state index contributed by atoms with van der Waals surface area (Å²) in [4.78, 5) is 0. The van der Waals surface area contributed by atoms with Crippen molar-refractivity contribution in [3.05, 3.63) is 76.6 Å². The van der Waals surface area contributed by atoms with E-state index in [0.29, 0.717) is 30.5 Å². The first kappa shape index (κ1) is 23.2. The van der Waals surface area contributed by atoms with Crippen LogP contribution in [0.4, 0.5) is 26.3 Å². The Hall–Kier alpha value is -2.96. The van der Waals surface area contributed by atoms with Gasteiger partial charge < -0.3 is 4.74 Å². The van der Waals surface area contributed by atoms with Crippen molar-refractivity contribution in [2.24, 2.45) is 0 Å². The van der Waals surface area contributed by atoms with Gasteiger partial charge in [-0.15, -0.1) is 13.2 Å². The second-order valence-electron chi connectivity index (χ2n) is 8.22. The molecule has 0 amide bonds. The number of hydrogen-bond donors (Lipinski definition) is 0. The standard InChI is InChI=1S/C26H22F6O/c1-2-3-4-5-15-6-8-18-16(12-15)7-9-21-20(18)11-10-19(24(21)29)17-13-22(27)25(23(28)14-17)33-26(30,31)32/h6,8,10-14H,2-5,7,9H2,1H3. The summed E-state index contributed by atoms with van der Waals surface area (Å²) in [5.41, 5.74) is 4.17. The quantitative estimate of drug-likeness (QED) is 0.264. The molecule has 0 unspecified atom stereocenters. The van der Waals surface area contributed by atoms with Gasteiger partial charge >= 0.3 is 6.36 Å². The van der Waals surface area contributed by atoms with Gasteiger partial charge in [-0.05, 0) is 71.2 Å².